The largest absolute Gasteiger partial charge is 0.491 e. The molecule has 0 amide bonds. The third-order valence-corrected chi connectivity index (χ3v) is 3.14. The number of benzene rings is 1. The molecule has 0 aliphatic carbocycles. The van der Waals surface area contributed by atoms with E-state index in [1.54, 1.807) is 24.3 Å². The number of aromatic amines is 1. The van der Waals surface area contributed by atoms with Crippen LogP contribution in [0.2, 0.25) is 0 Å². The van der Waals surface area contributed by atoms with Crippen LogP contribution in [0.25, 0.3) is 11.1 Å². The summed E-state index contributed by atoms with van der Waals surface area (Å²) < 4.78 is 10.9. The Morgan fingerprint density at radius 3 is 2.78 bits per heavy atom. The molecular weight excluding hydrogens is 298 g/mol. The van der Waals surface area contributed by atoms with Gasteiger partial charge >= 0.3 is 5.97 Å². The molecule has 122 valence electrons. The van der Waals surface area contributed by atoms with Crippen molar-refractivity contribution in [3.8, 4) is 16.9 Å². The van der Waals surface area contributed by atoms with Gasteiger partial charge in [0.2, 0.25) is 0 Å². The topological polar surface area (TPSA) is 88.6 Å². The molecule has 2 N–H and O–H groups in total. The molecule has 6 heteroatoms. The number of carboxylic acids is 1. The number of nitrogens with one attached hydrogen (secondary N) is 1. The summed E-state index contributed by atoms with van der Waals surface area (Å²) in [6.07, 6.45) is 2.14. The van der Waals surface area contributed by atoms with Crippen LogP contribution in [0.4, 0.5) is 0 Å². The molecule has 2 aromatic rings. The van der Waals surface area contributed by atoms with Crippen LogP contribution in [0.15, 0.2) is 41.3 Å². The van der Waals surface area contributed by atoms with Crippen molar-refractivity contribution in [3.63, 3.8) is 0 Å². The first-order valence-electron chi connectivity index (χ1n) is 7.39. The third-order valence-electron chi connectivity index (χ3n) is 3.14. The Morgan fingerprint density at radius 1 is 1.22 bits per heavy atom. The third kappa shape index (κ3) is 4.69. The maximum absolute atomic E-state index is 11.9. The van der Waals surface area contributed by atoms with E-state index in [4.69, 9.17) is 14.6 Å². The fraction of sp³-hybridized carbons (Fsp3) is 0.294. The second-order valence-electron chi connectivity index (χ2n) is 4.92. The molecular formula is C17H19NO5. The highest BCUT2D eigenvalue weighted by molar-refractivity contribution is 5.88. The summed E-state index contributed by atoms with van der Waals surface area (Å²) in [5, 5.41) is 9.03. The van der Waals surface area contributed by atoms with Gasteiger partial charge in [-0.2, -0.15) is 0 Å². The summed E-state index contributed by atoms with van der Waals surface area (Å²) >= 11 is 0. The maximum Gasteiger partial charge on any atom is 0.337 e. The van der Waals surface area contributed by atoms with Gasteiger partial charge in [0.05, 0.1) is 12.2 Å². The predicted octanol–water partition coefficient (Wildman–Crippen LogP) is 2.55. The van der Waals surface area contributed by atoms with Crippen LogP contribution >= 0.6 is 0 Å². The van der Waals surface area contributed by atoms with E-state index < -0.39 is 5.97 Å². The average Bonchev–Trinajstić information content (AvgIpc) is 2.55. The van der Waals surface area contributed by atoms with Crippen LogP contribution in [0.5, 0.6) is 5.75 Å². The van der Waals surface area contributed by atoms with Gasteiger partial charge in [-0.25, -0.2) is 4.79 Å². The molecule has 0 unspecified atom stereocenters. The lowest BCUT2D eigenvalue weighted by Crippen LogP contribution is -2.11. The quantitative estimate of drug-likeness (QED) is 0.730. The molecule has 0 aliphatic rings. The Morgan fingerprint density at radius 2 is 2.04 bits per heavy atom. The summed E-state index contributed by atoms with van der Waals surface area (Å²) in [7, 11) is 0. The molecule has 1 aromatic carbocycles. The Hall–Kier alpha value is -2.60. The normalized spacial score (nSPS) is 10.5. The van der Waals surface area contributed by atoms with Crippen LogP contribution in [-0.2, 0) is 4.74 Å². The van der Waals surface area contributed by atoms with E-state index >= 15 is 0 Å². The zero-order valence-electron chi connectivity index (χ0n) is 12.9. The number of aromatic carboxylic acids is 1. The number of rotatable bonds is 8. The number of carbonyl (C=O) groups is 1. The average molecular weight is 317 g/mol. The summed E-state index contributed by atoms with van der Waals surface area (Å²) in [4.78, 5) is 25.4. The van der Waals surface area contributed by atoms with E-state index in [1.807, 2.05) is 6.92 Å². The fourth-order valence-corrected chi connectivity index (χ4v) is 2.04. The van der Waals surface area contributed by atoms with E-state index in [1.165, 1.54) is 12.3 Å². The van der Waals surface area contributed by atoms with Crippen LogP contribution < -0.4 is 10.3 Å². The van der Waals surface area contributed by atoms with Gasteiger partial charge in [0.15, 0.2) is 0 Å². The number of pyridine rings is 1. The first-order chi connectivity index (χ1) is 11.1. The highest BCUT2D eigenvalue weighted by atomic mass is 16.5. The minimum atomic E-state index is -1.09. The van der Waals surface area contributed by atoms with Crippen molar-refractivity contribution >= 4 is 5.97 Å². The van der Waals surface area contributed by atoms with E-state index in [9.17, 15) is 9.59 Å². The van der Waals surface area contributed by atoms with Crippen LogP contribution in [0.1, 0.15) is 23.7 Å². The molecule has 1 aromatic heterocycles. The maximum atomic E-state index is 11.9. The van der Waals surface area contributed by atoms with Crippen LogP contribution in [0.3, 0.4) is 0 Å². The zero-order chi connectivity index (χ0) is 16.7. The molecule has 1 heterocycles. The molecule has 6 nitrogen and oxygen atoms in total. The molecule has 0 bridgehead atoms. The van der Waals surface area contributed by atoms with Crippen LogP contribution in [-0.4, -0.2) is 35.9 Å². The number of hydrogen-bond donors (Lipinski definition) is 2. The summed E-state index contributed by atoms with van der Waals surface area (Å²) in [5.74, 6) is -0.495. The molecule has 0 fully saturated rings. The Balaban J connectivity index is 2.15. The van der Waals surface area contributed by atoms with Crippen LogP contribution in [0, 0.1) is 0 Å². The van der Waals surface area contributed by atoms with Crippen molar-refractivity contribution in [2.45, 2.75) is 13.3 Å². The minimum absolute atomic E-state index is 0.0267. The molecule has 0 radical (unpaired) electrons. The van der Waals surface area contributed by atoms with Crippen molar-refractivity contribution < 1.29 is 19.4 Å². The van der Waals surface area contributed by atoms with Gasteiger partial charge in [-0.05, 0) is 30.2 Å². The standard InChI is InChI=1S/C17H19NO5/c1-2-6-22-7-8-23-14-5-3-4-12(9-14)15-10-13(17(20)21)11-18-16(15)19/h3-5,9-11H,2,6-8H2,1H3,(H,18,19)(H,20,21). The van der Waals surface area contributed by atoms with Crippen molar-refractivity contribution in [2.75, 3.05) is 19.8 Å². The van der Waals surface area contributed by atoms with Crippen molar-refractivity contribution in [2.24, 2.45) is 0 Å². The van der Waals surface area contributed by atoms with Crippen molar-refractivity contribution in [1.29, 1.82) is 0 Å². The molecule has 23 heavy (non-hydrogen) atoms. The monoisotopic (exact) mass is 317 g/mol. The smallest absolute Gasteiger partial charge is 0.337 e. The van der Waals surface area contributed by atoms with Gasteiger partial charge < -0.3 is 19.6 Å². The zero-order valence-corrected chi connectivity index (χ0v) is 12.9. The molecule has 0 spiro atoms. The van der Waals surface area contributed by atoms with E-state index in [0.717, 1.165) is 6.42 Å². The summed E-state index contributed by atoms with van der Waals surface area (Å²) in [5.41, 5.74) is 0.566. The second kappa shape index (κ2) is 8.14. The van der Waals surface area contributed by atoms with E-state index in [2.05, 4.69) is 4.98 Å². The lowest BCUT2D eigenvalue weighted by atomic mass is 10.1. The van der Waals surface area contributed by atoms with E-state index in [0.29, 0.717) is 31.1 Å². The lowest BCUT2D eigenvalue weighted by molar-refractivity contribution is 0.0696. The molecule has 0 atom stereocenters. The SMILES string of the molecule is CCCOCCOc1cccc(-c2cc(C(=O)O)c[nH]c2=O)c1. The van der Waals surface area contributed by atoms with Gasteiger partial charge in [0.25, 0.3) is 5.56 Å². The molecule has 2 rings (SSSR count). The molecule has 0 saturated heterocycles. The van der Waals surface area contributed by atoms with Gasteiger partial charge in [-0.1, -0.05) is 19.1 Å². The number of ether oxygens (including phenoxy) is 2. The first-order valence-corrected chi connectivity index (χ1v) is 7.39. The lowest BCUT2D eigenvalue weighted by Gasteiger charge is -2.08. The number of carboxylic acid groups (broad SMARTS) is 1. The summed E-state index contributed by atoms with van der Waals surface area (Å²) in [6.45, 7) is 3.63. The van der Waals surface area contributed by atoms with Gasteiger partial charge in [-0.15, -0.1) is 0 Å². The Bertz CT molecular complexity index is 723. The van der Waals surface area contributed by atoms with Crippen molar-refractivity contribution in [1.82, 2.24) is 4.98 Å². The van der Waals surface area contributed by atoms with E-state index in [-0.39, 0.29) is 16.7 Å². The minimum Gasteiger partial charge on any atom is -0.491 e. The summed E-state index contributed by atoms with van der Waals surface area (Å²) in [6, 6.07) is 8.32. The number of hydrogen-bond acceptors (Lipinski definition) is 4. The van der Waals surface area contributed by atoms with Gasteiger partial charge in [0, 0.05) is 18.4 Å². The second-order valence-corrected chi connectivity index (χ2v) is 4.92. The first kappa shape index (κ1) is 16.8. The fourth-order valence-electron chi connectivity index (χ4n) is 2.04. The van der Waals surface area contributed by atoms with Crippen molar-refractivity contribution in [3.05, 3.63) is 52.4 Å². The molecule has 0 aliphatic heterocycles. The number of aromatic nitrogens is 1. The van der Waals surface area contributed by atoms with Gasteiger partial charge in [0.1, 0.15) is 12.4 Å². The Kier molecular flexibility index (Phi) is 5.94. The van der Waals surface area contributed by atoms with Gasteiger partial charge in [-0.3, -0.25) is 4.79 Å². The highest BCUT2D eigenvalue weighted by Crippen LogP contribution is 2.22. The Labute approximate surface area is 133 Å². The predicted molar refractivity (Wildman–Crippen MR) is 86.1 cm³/mol. The number of H-pyrrole nitrogens is 1. The highest BCUT2D eigenvalue weighted by Gasteiger charge is 2.10. The molecule has 0 saturated carbocycles.